The molecule has 1 amide bonds. The van der Waals surface area contributed by atoms with Crippen molar-refractivity contribution in [3.63, 3.8) is 0 Å². The number of amides is 1. The summed E-state index contributed by atoms with van der Waals surface area (Å²) in [4.78, 5) is 21.5. The Balaban J connectivity index is 1.62. The van der Waals surface area contributed by atoms with Crippen LogP contribution in [0.15, 0.2) is 18.3 Å². The Morgan fingerprint density at radius 1 is 1.33 bits per heavy atom. The molecule has 7 nitrogen and oxygen atoms in total. The van der Waals surface area contributed by atoms with Gasteiger partial charge in [0.2, 0.25) is 5.91 Å². The first kappa shape index (κ1) is 17.0. The van der Waals surface area contributed by atoms with Crippen LogP contribution in [0.5, 0.6) is 5.75 Å². The van der Waals surface area contributed by atoms with Crippen molar-refractivity contribution in [1.82, 2.24) is 9.88 Å². The Morgan fingerprint density at radius 3 is 2.67 bits per heavy atom. The Hall–Kier alpha value is -1.86. The van der Waals surface area contributed by atoms with E-state index in [1.165, 1.54) is 0 Å². The van der Waals surface area contributed by atoms with Gasteiger partial charge in [-0.15, -0.1) is 0 Å². The first-order valence-electron chi connectivity index (χ1n) is 8.51. The normalized spacial score (nSPS) is 20.8. The van der Waals surface area contributed by atoms with E-state index in [1.54, 1.807) is 13.3 Å². The Labute approximate surface area is 142 Å². The third-order valence-corrected chi connectivity index (χ3v) is 5.14. The summed E-state index contributed by atoms with van der Waals surface area (Å²) < 4.78 is 10.7. The second-order valence-corrected chi connectivity index (χ2v) is 6.43. The maximum atomic E-state index is 13.0. The van der Waals surface area contributed by atoms with Gasteiger partial charge in [-0.25, -0.2) is 4.98 Å². The third-order valence-electron chi connectivity index (χ3n) is 5.14. The lowest BCUT2D eigenvalue weighted by Gasteiger charge is -2.42. The Kier molecular flexibility index (Phi) is 5.20. The van der Waals surface area contributed by atoms with E-state index in [1.807, 2.05) is 17.0 Å². The van der Waals surface area contributed by atoms with Gasteiger partial charge in [-0.1, -0.05) is 0 Å². The number of piperazine rings is 1. The molecule has 2 saturated heterocycles. The summed E-state index contributed by atoms with van der Waals surface area (Å²) >= 11 is 0. The van der Waals surface area contributed by atoms with Crippen LogP contribution in [0.2, 0.25) is 0 Å². The Morgan fingerprint density at radius 2 is 2.04 bits per heavy atom. The van der Waals surface area contributed by atoms with Gasteiger partial charge in [0.25, 0.3) is 0 Å². The van der Waals surface area contributed by atoms with Gasteiger partial charge < -0.3 is 25.0 Å². The summed E-state index contributed by atoms with van der Waals surface area (Å²) in [6.07, 6.45) is 3.19. The molecular weight excluding hydrogens is 308 g/mol. The number of nitrogens with zero attached hydrogens (tertiary/aromatic N) is 3. The van der Waals surface area contributed by atoms with Gasteiger partial charge in [0.05, 0.1) is 12.5 Å². The van der Waals surface area contributed by atoms with Crippen molar-refractivity contribution in [3.8, 4) is 5.75 Å². The van der Waals surface area contributed by atoms with Crippen LogP contribution in [0, 0.1) is 5.41 Å². The number of hydrogen-bond donors (Lipinski definition) is 1. The van der Waals surface area contributed by atoms with Gasteiger partial charge in [-0.3, -0.25) is 4.79 Å². The van der Waals surface area contributed by atoms with E-state index in [-0.39, 0.29) is 5.91 Å². The van der Waals surface area contributed by atoms with E-state index < -0.39 is 5.41 Å². The molecule has 2 aliphatic heterocycles. The zero-order valence-corrected chi connectivity index (χ0v) is 14.2. The summed E-state index contributed by atoms with van der Waals surface area (Å²) in [5.41, 5.74) is 5.52. The number of methoxy groups -OCH3 is 1. The van der Waals surface area contributed by atoms with Crippen LogP contribution in [0.1, 0.15) is 12.8 Å². The molecule has 2 fully saturated rings. The third kappa shape index (κ3) is 3.32. The van der Waals surface area contributed by atoms with Gasteiger partial charge in [-0.05, 0) is 18.9 Å². The fourth-order valence-corrected chi connectivity index (χ4v) is 3.44. The molecule has 0 atom stereocenters. The molecule has 0 saturated carbocycles. The van der Waals surface area contributed by atoms with Crippen LogP contribution >= 0.6 is 0 Å². The lowest BCUT2D eigenvalue weighted by Crippen LogP contribution is -2.56. The van der Waals surface area contributed by atoms with Gasteiger partial charge in [0.1, 0.15) is 11.6 Å². The van der Waals surface area contributed by atoms with Crippen molar-refractivity contribution in [2.24, 2.45) is 11.1 Å². The summed E-state index contributed by atoms with van der Waals surface area (Å²) in [7, 11) is 1.65. The largest absolute Gasteiger partial charge is 0.497 e. The van der Waals surface area contributed by atoms with Crippen LogP contribution in [-0.2, 0) is 9.53 Å². The van der Waals surface area contributed by atoms with Crippen molar-refractivity contribution in [2.45, 2.75) is 12.8 Å². The van der Waals surface area contributed by atoms with Crippen molar-refractivity contribution >= 4 is 11.7 Å². The van der Waals surface area contributed by atoms with Crippen molar-refractivity contribution < 1.29 is 14.3 Å². The quantitative estimate of drug-likeness (QED) is 0.863. The average molecular weight is 334 g/mol. The van der Waals surface area contributed by atoms with Gasteiger partial charge in [-0.2, -0.15) is 0 Å². The van der Waals surface area contributed by atoms with Crippen molar-refractivity contribution in [2.75, 3.05) is 57.9 Å². The lowest BCUT2D eigenvalue weighted by molar-refractivity contribution is -0.147. The predicted molar refractivity (Wildman–Crippen MR) is 91.1 cm³/mol. The highest BCUT2D eigenvalue weighted by Crippen LogP contribution is 2.32. The molecule has 0 aromatic carbocycles. The van der Waals surface area contributed by atoms with Crippen LogP contribution in [0.25, 0.3) is 0 Å². The highest BCUT2D eigenvalue weighted by molar-refractivity contribution is 5.83. The van der Waals surface area contributed by atoms with Crippen LogP contribution in [0.3, 0.4) is 0 Å². The highest BCUT2D eigenvalue weighted by Gasteiger charge is 2.42. The molecule has 1 aromatic heterocycles. The molecule has 132 valence electrons. The smallest absolute Gasteiger partial charge is 0.230 e. The molecule has 0 radical (unpaired) electrons. The standard InChI is InChI=1S/C17H26N4O3/c1-23-14-2-5-19-15(12-14)20-6-8-21(9-7-20)16(22)17(13-18)3-10-24-11-4-17/h2,5,12H,3-4,6-11,13,18H2,1H3. The number of ether oxygens (including phenoxy) is 2. The fraction of sp³-hybridized carbons (Fsp3) is 0.647. The molecule has 0 spiro atoms. The van der Waals surface area contributed by atoms with E-state index in [0.29, 0.717) is 32.8 Å². The average Bonchev–Trinajstić information content (AvgIpc) is 2.68. The number of carbonyl (C=O) groups excluding carboxylic acids is 1. The maximum Gasteiger partial charge on any atom is 0.230 e. The summed E-state index contributed by atoms with van der Waals surface area (Å²) in [5.74, 6) is 1.87. The first-order chi connectivity index (χ1) is 11.7. The predicted octanol–water partition coefficient (Wildman–Crippen LogP) is 0.494. The molecule has 2 N–H and O–H groups in total. The van der Waals surface area contributed by atoms with Crippen LogP contribution < -0.4 is 15.4 Å². The summed E-state index contributed by atoms with van der Waals surface area (Å²) in [6.45, 7) is 4.56. The Bertz CT molecular complexity index is 567. The number of carbonyl (C=O) groups is 1. The molecule has 0 unspecified atom stereocenters. The van der Waals surface area contributed by atoms with Gasteiger partial charge >= 0.3 is 0 Å². The number of rotatable bonds is 4. The first-order valence-corrected chi connectivity index (χ1v) is 8.51. The van der Waals surface area contributed by atoms with Gasteiger partial charge in [0, 0.05) is 58.2 Å². The number of hydrogen-bond acceptors (Lipinski definition) is 6. The van der Waals surface area contributed by atoms with Crippen molar-refractivity contribution in [1.29, 1.82) is 0 Å². The van der Waals surface area contributed by atoms with E-state index in [0.717, 1.165) is 37.5 Å². The maximum absolute atomic E-state index is 13.0. The summed E-state index contributed by atoms with van der Waals surface area (Å²) in [6, 6.07) is 3.76. The van der Waals surface area contributed by atoms with E-state index in [9.17, 15) is 4.79 Å². The van der Waals surface area contributed by atoms with E-state index in [4.69, 9.17) is 15.2 Å². The topological polar surface area (TPSA) is 80.9 Å². The number of aromatic nitrogens is 1. The monoisotopic (exact) mass is 334 g/mol. The molecule has 3 rings (SSSR count). The minimum absolute atomic E-state index is 0.187. The van der Waals surface area contributed by atoms with Crippen molar-refractivity contribution in [3.05, 3.63) is 18.3 Å². The minimum atomic E-state index is -0.436. The zero-order chi connectivity index (χ0) is 17.0. The molecule has 3 heterocycles. The van der Waals surface area contributed by atoms with Gasteiger partial charge in [0.15, 0.2) is 0 Å². The molecule has 0 bridgehead atoms. The minimum Gasteiger partial charge on any atom is -0.497 e. The molecule has 7 heteroatoms. The number of nitrogens with two attached hydrogens (primary N) is 1. The number of anilines is 1. The fourth-order valence-electron chi connectivity index (χ4n) is 3.44. The molecular formula is C17H26N4O3. The van der Waals surface area contributed by atoms with Crippen LogP contribution in [-0.4, -0.2) is 68.8 Å². The molecule has 1 aromatic rings. The molecule has 0 aliphatic carbocycles. The lowest BCUT2D eigenvalue weighted by atomic mass is 9.78. The van der Waals surface area contributed by atoms with Crippen LogP contribution in [0.4, 0.5) is 5.82 Å². The summed E-state index contributed by atoms with van der Waals surface area (Å²) in [5, 5.41) is 0. The molecule has 2 aliphatic rings. The van der Waals surface area contributed by atoms with E-state index in [2.05, 4.69) is 9.88 Å². The highest BCUT2D eigenvalue weighted by atomic mass is 16.5. The second kappa shape index (κ2) is 7.36. The number of pyridine rings is 1. The second-order valence-electron chi connectivity index (χ2n) is 6.43. The van der Waals surface area contributed by atoms with E-state index >= 15 is 0 Å². The zero-order valence-electron chi connectivity index (χ0n) is 14.2. The SMILES string of the molecule is COc1ccnc(N2CCN(C(=O)C3(CN)CCOCC3)CC2)c1. The molecule has 24 heavy (non-hydrogen) atoms.